The number of hydrogen-bond acceptors (Lipinski definition) is 3. The minimum Gasteiger partial charge on any atom is -0.383 e. The first kappa shape index (κ1) is 15.6. The van der Waals surface area contributed by atoms with Crippen LogP contribution in [0.25, 0.3) is 0 Å². The maximum absolute atomic E-state index is 6.36. The summed E-state index contributed by atoms with van der Waals surface area (Å²) in [7, 11) is 1.74. The summed E-state index contributed by atoms with van der Waals surface area (Å²) in [6, 6.07) is 6.70. The molecule has 2 rings (SSSR count). The maximum Gasteiger partial charge on any atom is 0.0637 e. The summed E-state index contributed by atoms with van der Waals surface area (Å²) in [5.74, 6) is 0.804. The molecule has 0 aliphatic heterocycles. The first-order chi connectivity index (χ1) is 9.54. The highest BCUT2D eigenvalue weighted by Gasteiger charge is 2.32. The van der Waals surface area contributed by atoms with E-state index in [1.54, 1.807) is 7.11 Å². The van der Waals surface area contributed by atoms with Crippen LogP contribution in [0, 0.1) is 5.92 Å². The second kappa shape index (κ2) is 6.79. The van der Waals surface area contributed by atoms with Crippen molar-refractivity contribution in [2.24, 2.45) is 11.7 Å². The lowest BCUT2D eigenvalue weighted by molar-refractivity contribution is 0.202. The predicted molar refractivity (Wildman–Crippen MR) is 85.5 cm³/mol. The number of halogens is 1. The van der Waals surface area contributed by atoms with Gasteiger partial charge in [-0.05, 0) is 50.3 Å². The van der Waals surface area contributed by atoms with E-state index in [0.29, 0.717) is 6.04 Å². The zero-order chi connectivity index (χ0) is 14.7. The lowest BCUT2D eigenvalue weighted by Crippen LogP contribution is -2.37. The third-order valence-corrected chi connectivity index (χ3v) is 4.47. The lowest BCUT2D eigenvalue weighted by atomic mass is 10.1. The van der Waals surface area contributed by atoms with Gasteiger partial charge in [-0.1, -0.05) is 17.7 Å². The average Bonchev–Trinajstić information content (AvgIpc) is 3.22. The van der Waals surface area contributed by atoms with Crippen molar-refractivity contribution in [3.05, 3.63) is 28.8 Å². The van der Waals surface area contributed by atoms with E-state index >= 15 is 0 Å². The summed E-state index contributed by atoms with van der Waals surface area (Å²) >= 11 is 6.36. The number of benzene rings is 1. The molecule has 0 spiro atoms. The molecule has 1 aromatic rings. The van der Waals surface area contributed by atoms with Gasteiger partial charge in [-0.15, -0.1) is 0 Å². The molecule has 0 saturated heterocycles. The van der Waals surface area contributed by atoms with Gasteiger partial charge in [0.15, 0.2) is 0 Å². The predicted octanol–water partition coefficient (Wildman–Crippen LogP) is 3.61. The van der Waals surface area contributed by atoms with Gasteiger partial charge < -0.3 is 15.4 Å². The SMILES string of the molecule is COCCN(c1ccc(C(C)N)c(Cl)c1)C(C)C1CC1. The van der Waals surface area contributed by atoms with Crippen molar-refractivity contribution in [2.75, 3.05) is 25.2 Å². The molecule has 4 heteroatoms. The van der Waals surface area contributed by atoms with Crippen LogP contribution in [-0.4, -0.2) is 26.3 Å². The highest BCUT2D eigenvalue weighted by atomic mass is 35.5. The van der Waals surface area contributed by atoms with Gasteiger partial charge in [0.1, 0.15) is 0 Å². The minimum absolute atomic E-state index is 0.0372. The average molecular weight is 297 g/mol. The van der Waals surface area contributed by atoms with Gasteiger partial charge in [-0.2, -0.15) is 0 Å². The molecule has 0 amide bonds. The number of methoxy groups -OCH3 is 1. The zero-order valence-corrected chi connectivity index (χ0v) is 13.4. The molecule has 2 N–H and O–H groups in total. The zero-order valence-electron chi connectivity index (χ0n) is 12.6. The number of rotatable bonds is 7. The van der Waals surface area contributed by atoms with Gasteiger partial charge in [0, 0.05) is 36.4 Å². The van der Waals surface area contributed by atoms with Crippen LogP contribution in [0.15, 0.2) is 18.2 Å². The Morgan fingerprint density at radius 1 is 1.40 bits per heavy atom. The van der Waals surface area contributed by atoms with Crippen LogP contribution in [0.3, 0.4) is 0 Å². The molecule has 2 unspecified atom stereocenters. The van der Waals surface area contributed by atoms with Crippen LogP contribution in [0.4, 0.5) is 5.69 Å². The van der Waals surface area contributed by atoms with Gasteiger partial charge in [0.2, 0.25) is 0 Å². The fourth-order valence-corrected chi connectivity index (χ4v) is 3.00. The molecule has 2 atom stereocenters. The summed E-state index contributed by atoms with van der Waals surface area (Å²) < 4.78 is 5.24. The molecule has 0 aromatic heterocycles. The van der Waals surface area contributed by atoms with Gasteiger partial charge in [0.25, 0.3) is 0 Å². The number of nitrogens with zero attached hydrogens (tertiary/aromatic N) is 1. The van der Waals surface area contributed by atoms with E-state index < -0.39 is 0 Å². The van der Waals surface area contributed by atoms with Gasteiger partial charge in [-0.3, -0.25) is 0 Å². The number of nitrogens with two attached hydrogens (primary N) is 1. The molecule has 3 nitrogen and oxygen atoms in total. The normalized spacial score (nSPS) is 17.9. The lowest BCUT2D eigenvalue weighted by Gasteiger charge is -2.32. The number of hydrogen-bond donors (Lipinski definition) is 1. The van der Waals surface area contributed by atoms with E-state index in [4.69, 9.17) is 22.1 Å². The van der Waals surface area contributed by atoms with Crippen molar-refractivity contribution >= 4 is 17.3 Å². The highest BCUT2D eigenvalue weighted by molar-refractivity contribution is 6.31. The van der Waals surface area contributed by atoms with Crippen molar-refractivity contribution in [1.29, 1.82) is 0 Å². The summed E-state index contributed by atoms with van der Waals surface area (Å²) in [6.45, 7) is 5.86. The van der Waals surface area contributed by atoms with Crippen LogP contribution < -0.4 is 10.6 Å². The van der Waals surface area contributed by atoms with Crippen molar-refractivity contribution in [3.63, 3.8) is 0 Å². The fraction of sp³-hybridized carbons (Fsp3) is 0.625. The van der Waals surface area contributed by atoms with E-state index in [1.165, 1.54) is 12.8 Å². The summed E-state index contributed by atoms with van der Waals surface area (Å²) in [5.41, 5.74) is 8.08. The monoisotopic (exact) mass is 296 g/mol. The number of anilines is 1. The highest BCUT2D eigenvalue weighted by Crippen LogP contribution is 2.37. The third kappa shape index (κ3) is 3.66. The second-order valence-corrected chi connectivity index (χ2v) is 6.17. The Labute approximate surface area is 127 Å². The molecular formula is C16H25ClN2O. The third-order valence-electron chi connectivity index (χ3n) is 4.14. The van der Waals surface area contributed by atoms with Gasteiger partial charge >= 0.3 is 0 Å². The van der Waals surface area contributed by atoms with Crippen molar-refractivity contribution in [1.82, 2.24) is 0 Å². The first-order valence-corrected chi connectivity index (χ1v) is 7.73. The molecule has 0 radical (unpaired) electrons. The van der Waals surface area contributed by atoms with Gasteiger partial charge in [-0.25, -0.2) is 0 Å². The first-order valence-electron chi connectivity index (χ1n) is 7.35. The summed E-state index contributed by atoms with van der Waals surface area (Å²) in [6.07, 6.45) is 2.66. The van der Waals surface area contributed by atoms with Crippen LogP contribution in [0.2, 0.25) is 5.02 Å². The van der Waals surface area contributed by atoms with E-state index in [0.717, 1.165) is 35.3 Å². The van der Waals surface area contributed by atoms with E-state index in [-0.39, 0.29) is 6.04 Å². The molecule has 20 heavy (non-hydrogen) atoms. The Morgan fingerprint density at radius 3 is 2.60 bits per heavy atom. The van der Waals surface area contributed by atoms with Crippen molar-refractivity contribution < 1.29 is 4.74 Å². The standard InChI is InChI=1S/C16H25ClN2O/c1-11(18)15-7-6-14(10-16(15)17)19(8-9-20-3)12(2)13-4-5-13/h6-7,10-13H,4-5,8-9,18H2,1-3H3. The van der Waals surface area contributed by atoms with Crippen LogP contribution in [-0.2, 0) is 4.74 Å². The van der Waals surface area contributed by atoms with E-state index in [1.807, 2.05) is 19.1 Å². The second-order valence-electron chi connectivity index (χ2n) is 5.76. The Kier molecular flexibility index (Phi) is 5.30. The maximum atomic E-state index is 6.36. The molecule has 1 saturated carbocycles. The van der Waals surface area contributed by atoms with E-state index in [9.17, 15) is 0 Å². The van der Waals surface area contributed by atoms with E-state index in [2.05, 4.69) is 17.9 Å². The Balaban J connectivity index is 2.21. The molecule has 0 bridgehead atoms. The van der Waals surface area contributed by atoms with Crippen LogP contribution in [0.1, 0.15) is 38.3 Å². The quantitative estimate of drug-likeness (QED) is 0.835. The fourth-order valence-electron chi connectivity index (χ4n) is 2.65. The Bertz CT molecular complexity index is 446. The van der Waals surface area contributed by atoms with Crippen molar-refractivity contribution in [2.45, 2.75) is 38.8 Å². The van der Waals surface area contributed by atoms with Crippen molar-refractivity contribution in [3.8, 4) is 0 Å². The molecule has 1 fully saturated rings. The Morgan fingerprint density at radius 2 is 2.10 bits per heavy atom. The summed E-state index contributed by atoms with van der Waals surface area (Å²) in [5, 5.41) is 0.753. The summed E-state index contributed by atoms with van der Waals surface area (Å²) in [4.78, 5) is 2.40. The van der Waals surface area contributed by atoms with Crippen LogP contribution in [0.5, 0.6) is 0 Å². The molecule has 1 aromatic carbocycles. The topological polar surface area (TPSA) is 38.5 Å². The smallest absolute Gasteiger partial charge is 0.0637 e. The minimum atomic E-state index is -0.0372. The number of ether oxygens (including phenoxy) is 1. The van der Waals surface area contributed by atoms with Gasteiger partial charge in [0.05, 0.1) is 6.61 Å². The molecule has 1 aliphatic carbocycles. The Hall–Kier alpha value is -0.770. The largest absolute Gasteiger partial charge is 0.383 e. The molecule has 112 valence electrons. The molecular weight excluding hydrogens is 272 g/mol. The van der Waals surface area contributed by atoms with Crippen LogP contribution >= 0.6 is 11.6 Å². The molecule has 1 aliphatic rings. The molecule has 0 heterocycles.